The molecule has 0 spiro atoms. The van der Waals surface area contributed by atoms with Crippen LogP contribution >= 0.6 is 0 Å². The first kappa shape index (κ1) is 19.9. The number of nitrogens with zero attached hydrogens (tertiary/aromatic N) is 1. The molecule has 142 valence electrons. The molecule has 8 heteroatoms. The Kier molecular flexibility index (Phi) is 6.48. The van der Waals surface area contributed by atoms with Crippen LogP contribution in [0.5, 0.6) is 5.75 Å². The van der Waals surface area contributed by atoms with Crippen LogP contribution in [0.2, 0.25) is 0 Å². The lowest BCUT2D eigenvalue weighted by molar-refractivity contribution is -0.384. The van der Waals surface area contributed by atoms with Gasteiger partial charge in [0.2, 0.25) is 0 Å². The third kappa shape index (κ3) is 4.81. The topological polar surface area (TPSA) is 108 Å². The molecule has 0 aliphatic carbocycles. The van der Waals surface area contributed by atoms with Crippen LogP contribution in [0.3, 0.4) is 0 Å². The summed E-state index contributed by atoms with van der Waals surface area (Å²) in [6.07, 6.45) is 0. The zero-order valence-corrected chi connectivity index (χ0v) is 15.3. The van der Waals surface area contributed by atoms with Crippen molar-refractivity contribution in [3.8, 4) is 5.75 Å². The Labute approximate surface area is 156 Å². The summed E-state index contributed by atoms with van der Waals surface area (Å²) < 4.78 is 10.4. The highest BCUT2D eigenvalue weighted by Crippen LogP contribution is 2.30. The summed E-state index contributed by atoms with van der Waals surface area (Å²) in [6.45, 7) is 5.03. The van der Waals surface area contributed by atoms with E-state index in [1.807, 2.05) is 0 Å². The van der Waals surface area contributed by atoms with E-state index < -0.39 is 23.4 Å². The van der Waals surface area contributed by atoms with Gasteiger partial charge < -0.3 is 14.8 Å². The van der Waals surface area contributed by atoms with Gasteiger partial charge in [-0.05, 0) is 44.0 Å². The second kappa shape index (κ2) is 8.79. The Morgan fingerprint density at radius 1 is 1.15 bits per heavy atom. The number of rotatable bonds is 7. The number of nitro groups is 1. The lowest BCUT2D eigenvalue weighted by Crippen LogP contribution is -2.22. The molecule has 0 radical (unpaired) electrons. The lowest BCUT2D eigenvalue weighted by atomic mass is 10.1. The molecule has 27 heavy (non-hydrogen) atoms. The molecule has 2 aromatic rings. The first-order valence-electron chi connectivity index (χ1n) is 8.28. The summed E-state index contributed by atoms with van der Waals surface area (Å²) in [6, 6.07) is 9.45. The normalized spacial score (nSPS) is 10.2. The molecule has 0 aliphatic rings. The van der Waals surface area contributed by atoms with Crippen LogP contribution in [0.1, 0.15) is 28.4 Å². The van der Waals surface area contributed by atoms with Gasteiger partial charge in [-0.3, -0.25) is 14.9 Å². The van der Waals surface area contributed by atoms with Crippen LogP contribution < -0.4 is 10.1 Å². The maximum absolute atomic E-state index is 12.2. The van der Waals surface area contributed by atoms with Gasteiger partial charge in [-0.25, -0.2) is 4.79 Å². The number of esters is 1. The number of ether oxygens (including phenoxy) is 2. The Morgan fingerprint density at radius 3 is 2.52 bits per heavy atom. The SMILES string of the molecule is CCOc1ccccc1C(=O)OCC(=O)Nc1c([N+](=O)[O-])ccc(C)c1C. The fourth-order valence-electron chi connectivity index (χ4n) is 2.41. The number of hydrogen-bond acceptors (Lipinski definition) is 6. The predicted octanol–water partition coefficient (Wildman–Crippen LogP) is 3.41. The van der Waals surface area contributed by atoms with Crippen LogP contribution in [-0.4, -0.2) is 30.0 Å². The fraction of sp³-hybridized carbons (Fsp3) is 0.263. The van der Waals surface area contributed by atoms with E-state index in [0.717, 1.165) is 5.56 Å². The summed E-state index contributed by atoms with van der Waals surface area (Å²) in [5.74, 6) is -1.03. The second-order valence-electron chi connectivity index (χ2n) is 5.71. The molecule has 0 fully saturated rings. The van der Waals surface area contributed by atoms with E-state index in [-0.39, 0.29) is 16.9 Å². The highest BCUT2D eigenvalue weighted by molar-refractivity contribution is 5.98. The average Bonchev–Trinajstić information content (AvgIpc) is 2.64. The smallest absolute Gasteiger partial charge is 0.342 e. The van der Waals surface area contributed by atoms with Crippen molar-refractivity contribution in [3.63, 3.8) is 0 Å². The van der Waals surface area contributed by atoms with Gasteiger partial charge >= 0.3 is 5.97 Å². The molecule has 0 unspecified atom stereocenters. The van der Waals surface area contributed by atoms with Gasteiger partial charge in [0.15, 0.2) is 6.61 Å². The molecule has 1 N–H and O–H groups in total. The van der Waals surface area contributed by atoms with Gasteiger partial charge in [-0.2, -0.15) is 0 Å². The van der Waals surface area contributed by atoms with Crippen LogP contribution in [0.4, 0.5) is 11.4 Å². The molecule has 2 aromatic carbocycles. The minimum absolute atomic E-state index is 0.0933. The van der Waals surface area contributed by atoms with E-state index in [9.17, 15) is 19.7 Å². The number of nitro benzene ring substituents is 1. The molecule has 1 amide bonds. The third-order valence-corrected chi connectivity index (χ3v) is 3.92. The molecule has 0 heterocycles. The summed E-state index contributed by atoms with van der Waals surface area (Å²) in [7, 11) is 0. The van der Waals surface area contributed by atoms with Crippen LogP contribution in [-0.2, 0) is 9.53 Å². The lowest BCUT2D eigenvalue weighted by Gasteiger charge is -2.12. The summed E-state index contributed by atoms with van der Waals surface area (Å²) >= 11 is 0. The van der Waals surface area contributed by atoms with E-state index in [4.69, 9.17) is 9.47 Å². The van der Waals surface area contributed by atoms with Gasteiger partial charge in [0.1, 0.15) is 17.0 Å². The maximum atomic E-state index is 12.2. The molecule has 2 rings (SSSR count). The van der Waals surface area contributed by atoms with Gasteiger partial charge in [-0.15, -0.1) is 0 Å². The number of aryl methyl sites for hydroxylation is 1. The molecule has 0 saturated carbocycles. The quantitative estimate of drug-likeness (QED) is 0.453. The third-order valence-electron chi connectivity index (χ3n) is 3.92. The number of carbonyl (C=O) groups is 2. The first-order valence-corrected chi connectivity index (χ1v) is 8.28. The Balaban J connectivity index is 2.09. The van der Waals surface area contributed by atoms with Crippen LogP contribution in [0.25, 0.3) is 0 Å². The molecular formula is C19H20N2O6. The molecule has 8 nitrogen and oxygen atoms in total. The number of nitrogens with one attached hydrogen (secondary N) is 1. The van der Waals surface area contributed by atoms with Crippen LogP contribution in [0.15, 0.2) is 36.4 Å². The standard InChI is InChI=1S/C19H20N2O6/c1-4-26-16-8-6-5-7-14(16)19(23)27-11-17(22)20-18-13(3)12(2)9-10-15(18)21(24)25/h5-10H,4,11H2,1-3H3,(H,20,22). The van der Waals surface area contributed by atoms with Crippen molar-refractivity contribution in [1.82, 2.24) is 0 Å². The largest absolute Gasteiger partial charge is 0.493 e. The zero-order chi connectivity index (χ0) is 20.0. The van der Waals surface area contributed by atoms with Gasteiger partial charge in [-0.1, -0.05) is 18.2 Å². The Bertz CT molecular complexity index is 878. The maximum Gasteiger partial charge on any atom is 0.342 e. The Morgan fingerprint density at radius 2 is 1.85 bits per heavy atom. The number of amides is 1. The van der Waals surface area contributed by atoms with Crippen molar-refractivity contribution in [1.29, 1.82) is 0 Å². The first-order chi connectivity index (χ1) is 12.8. The van der Waals surface area contributed by atoms with Crippen molar-refractivity contribution in [3.05, 3.63) is 63.2 Å². The monoisotopic (exact) mass is 372 g/mol. The second-order valence-corrected chi connectivity index (χ2v) is 5.71. The van der Waals surface area contributed by atoms with Crippen molar-refractivity contribution >= 4 is 23.3 Å². The molecule has 0 atom stereocenters. The number of hydrogen-bond donors (Lipinski definition) is 1. The highest BCUT2D eigenvalue weighted by atomic mass is 16.6. The van der Waals surface area contributed by atoms with E-state index in [2.05, 4.69) is 5.32 Å². The summed E-state index contributed by atoms with van der Waals surface area (Å²) in [4.78, 5) is 35.0. The van der Waals surface area contributed by atoms with E-state index in [0.29, 0.717) is 17.9 Å². The van der Waals surface area contributed by atoms with Gasteiger partial charge in [0.25, 0.3) is 11.6 Å². The van der Waals surface area contributed by atoms with Gasteiger partial charge in [0, 0.05) is 6.07 Å². The van der Waals surface area contributed by atoms with E-state index >= 15 is 0 Å². The van der Waals surface area contributed by atoms with E-state index in [1.165, 1.54) is 12.1 Å². The summed E-state index contributed by atoms with van der Waals surface area (Å²) in [5.41, 5.74) is 1.43. The zero-order valence-electron chi connectivity index (χ0n) is 15.3. The van der Waals surface area contributed by atoms with E-state index in [1.54, 1.807) is 45.0 Å². The molecule has 0 bridgehead atoms. The number of benzene rings is 2. The minimum atomic E-state index is -0.718. The van der Waals surface area contributed by atoms with Gasteiger partial charge in [0.05, 0.1) is 11.5 Å². The number of anilines is 1. The molecule has 0 aromatic heterocycles. The summed E-state index contributed by atoms with van der Waals surface area (Å²) in [5, 5.41) is 13.6. The molecule has 0 saturated heterocycles. The molecular weight excluding hydrogens is 352 g/mol. The predicted molar refractivity (Wildman–Crippen MR) is 99.1 cm³/mol. The van der Waals surface area contributed by atoms with Crippen molar-refractivity contribution < 1.29 is 24.0 Å². The highest BCUT2D eigenvalue weighted by Gasteiger charge is 2.21. The minimum Gasteiger partial charge on any atom is -0.493 e. The number of carbonyl (C=O) groups excluding carboxylic acids is 2. The fourth-order valence-corrected chi connectivity index (χ4v) is 2.41. The van der Waals surface area contributed by atoms with Crippen molar-refractivity contribution in [2.45, 2.75) is 20.8 Å². The number of para-hydroxylation sites is 1. The molecule has 0 aliphatic heterocycles. The van der Waals surface area contributed by atoms with Crippen molar-refractivity contribution in [2.24, 2.45) is 0 Å². The van der Waals surface area contributed by atoms with Crippen molar-refractivity contribution in [2.75, 3.05) is 18.5 Å². The average molecular weight is 372 g/mol. The Hall–Kier alpha value is -3.42. The van der Waals surface area contributed by atoms with Crippen LogP contribution in [0, 0.1) is 24.0 Å².